The Labute approximate surface area is 227 Å². The van der Waals surface area contributed by atoms with Crippen molar-refractivity contribution in [3.8, 4) is 0 Å². The van der Waals surface area contributed by atoms with Crippen molar-refractivity contribution in [1.82, 2.24) is 5.32 Å². The molecule has 1 aliphatic heterocycles. The molecule has 0 unspecified atom stereocenters. The quantitative estimate of drug-likeness (QED) is 0.264. The van der Waals surface area contributed by atoms with Gasteiger partial charge in [-0.2, -0.15) is 0 Å². The number of carbonyl (C=O) groups is 1. The Morgan fingerprint density at radius 1 is 0.946 bits per heavy atom. The topological polar surface area (TPSA) is 44.4 Å². The van der Waals surface area contributed by atoms with Crippen molar-refractivity contribution in [2.45, 2.75) is 58.9 Å². The van der Waals surface area contributed by atoms with Gasteiger partial charge in [0.15, 0.2) is 10.9 Å². The van der Waals surface area contributed by atoms with E-state index >= 15 is 0 Å². The molecule has 0 amide bonds. The molecule has 37 heavy (non-hydrogen) atoms. The van der Waals surface area contributed by atoms with Crippen molar-refractivity contribution in [3.05, 3.63) is 95.1 Å². The molecule has 0 saturated carbocycles. The molecule has 0 aromatic heterocycles. The molecular formula is C32H39N3OS. The number of nitrogens with zero attached hydrogens (tertiary/aromatic N) is 1. The molecule has 194 valence electrons. The molecule has 1 heterocycles. The van der Waals surface area contributed by atoms with Gasteiger partial charge >= 0.3 is 0 Å². The lowest BCUT2D eigenvalue weighted by Crippen LogP contribution is -2.33. The van der Waals surface area contributed by atoms with Gasteiger partial charge in [0.05, 0.1) is 6.04 Å². The van der Waals surface area contributed by atoms with Crippen LogP contribution in [0.4, 0.5) is 11.4 Å². The molecule has 2 N–H and O–H groups in total. The summed E-state index contributed by atoms with van der Waals surface area (Å²) in [5.74, 6) is 0.826. The van der Waals surface area contributed by atoms with Gasteiger partial charge in [0.1, 0.15) is 0 Å². The van der Waals surface area contributed by atoms with E-state index in [0.717, 1.165) is 24.7 Å². The van der Waals surface area contributed by atoms with E-state index in [4.69, 9.17) is 12.2 Å². The Bertz CT molecular complexity index is 1220. The maximum Gasteiger partial charge on any atom is 0.193 e. The second-order valence-electron chi connectivity index (χ2n) is 11.3. The third-order valence-electron chi connectivity index (χ3n) is 7.29. The molecule has 0 radical (unpaired) electrons. The lowest BCUT2D eigenvalue weighted by Gasteiger charge is -2.32. The van der Waals surface area contributed by atoms with E-state index in [1.807, 2.05) is 48.5 Å². The Morgan fingerprint density at radius 3 is 2.22 bits per heavy atom. The summed E-state index contributed by atoms with van der Waals surface area (Å²) in [4.78, 5) is 15.6. The standard InChI is InChI=1S/C32H39N3OS/c1-22-17-19-35(20-18-22)29-15-11-24(12-16-29)23(2)33-31(37)34-28-8-6-7-26(21-28)30(36)25-9-13-27(14-10-25)32(3,4)5/h6-16,21-23H,17-20H2,1-5H3,(H2,33,34,37)/t23-/m0/s1. The summed E-state index contributed by atoms with van der Waals surface area (Å²) in [7, 11) is 0. The zero-order chi connectivity index (χ0) is 26.6. The molecule has 1 saturated heterocycles. The first-order chi connectivity index (χ1) is 17.6. The number of nitrogens with one attached hydrogen (secondary N) is 2. The molecular weight excluding hydrogens is 474 g/mol. The molecule has 5 heteroatoms. The second kappa shape index (κ2) is 11.5. The molecule has 4 nitrogen and oxygen atoms in total. The molecule has 1 fully saturated rings. The Kier molecular flexibility index (Phi) is 8.33. The van der Waals surface area contributed by atoms with Gasteiger partial charge in [-0.05, 0) is 78.7 Å². The first-order valence-electron chi connectivity index (χ1n) is 13.3. The van der Waals surface area contributed by atoms with Crippen LogP contribution in [-0.4, -0.2) is 24.0 Å². The Hall–Kier alpha value is -3.18. The van der Waals surface area contributed by atoms with Crippen LogP contribution in [0.1, 0.15) is 80.6 Å². The largest absolute Gasteiger partial charge is 0.372 e. The van der Waals surface area contributed by atoms with Crippen molar-refractivity contribution in [3.63, 3.8) is 0 Å². The fourth-order valence-electron chi connectivity index (χ4n) is 4.71. The summed E-state index contributed by atoms with van der Waals surface area (Å²) in [5, 5.41) is 7.15. The van der Waals surface area contributed by atoms with Gasteiger partial charge in [0.25, 0.3) is 0 Å². The second-order valence-corrected chi connectivity index (χ2v) is 11.7. The molecule has 0 spiro atoms. The number of hydrogen-bond acceptors (Lipinski definition) is 3. The lowest BCUT2D eigenvalue weighted by molar-refractivity contribution is 0.103. The highest BCUT2D eigenvalue weighted by molar-refractivity contribution is 7.80. The molecule has 1 aliphatic rings. The van der Waals surface area contributed by atoms with Crippen molar-refractivity contribution < 1.29 is 4.79 Å². The van der Waals surface area contributed by atoms with Crippen molar-refractivity contribution >= 4 is 34.5 Å². The highest BCUT2D eigenvalue weighted by Crippen LogP contribution is 2.25. The number of anilines is 2. The van der Waals surface area contributed by atoms with E-state index < -0.39 is 0 Å². The van der Waals surface area contributed by atoms with Gasteiger partial charge in [-0.15, -0.1) is 0 Å². The summed E-state index contributed by atoms with van der Waals surface area (Å²) >= 11 is 5.59. The minimum absolute atomic E-state index is 0.000363. The maximum absolute atomic E-state index is 13.1. The zero-order valence-corrected chi connectivity index (χ0v) is 23.5. The number of hydrogen-bond donors (Lipinski definition) is 2. The van der Waals surface area contributed by atoms with Crippen LogP contribution in [0.15, 0.2) is 72.8 Å². The van der Waals surface area contributed by atoms with Gasteiger partial charge < -0.3 is 15.5 Å². The SMILES string of the molecule is CC1CCN(c2ccc([C@H](C)NC(=S)Nc3cccc(C(=O)c4ccc(C(C)(C)C)cc4)c3)cc2)CC1. The van der Waals surface area contributed by atoms with Crippen LogP contribution < -0.4 is 15.5 Å². The molecule has 4 rings (SSSR count). The van der Waals surface area contributed by atoms with Crippen LogP contribution in [0.2, 0.25) is 0 Å². The van der Waals surface area contributed by atoms with E-state index in [1.165, 1.54) is 29.7 Å². The fourth-order valence-corrected chi connectivity index (χ4v) is 5.01. The van der Waals surface area contributed by atoms with Crippen LogP contribution in [0.25, 0.3) is 0 Å². The fraction of sp³-hybridized carbons (Fsp3) is 0.375. The summed E-state index contributed by atoms with van der Waals surface area (Å²) < 4.78 is 0. The number of piperidine rings is 1. The molecule has 0 aliphatic carbocycles. The maximum atomic E-state index is 13.1. The summed E-state index contributed by atoms with van der Waals surface area (Å²) in [5.41, 5.74) is 5.84. The summed E-state index contributed by atoms with van der Waals surface area (Å²) in [6.07, 6.45) is 2.52. The van der Waals surface area contributed by atoms with Crippen molar-refractivity contribution in [2.24, 2.45) is 5.92 Å². The smallest absolute Gasteiger partial charge is 0.193 e. The third-order valence-corrected chi connectivity index (χ3v) is 7.51. The van der Waals surface area contributed by atoms with Gasteiger partial charge in [0, 0.05) is 35.6 Å². The van der Waals surface area contributed by atoms with Crippen LogP contribution in [0, 0.1) is 5.92 Å². The predicted octanol–water partition coefficient (Wildman–Crippen LogP) is 7.50. The minimum Gasteiger partial charge on any atom is -0.372 e. The van der Waals surface area contributed by atoms with Gasteiger partial charge in [-0.1, -0.05) is 76.2 Å². The van der Waals surface area contributed by atoms with E-state index in [2.05, 4.69) is 74.4 Å². The highest BCUT2D eigenvalue weighted by Gasteiger charge is 2.17. The average molecular weight is 514 g/mol. The van der Waals surface area contributed by atoms with E-state index in [1.54, 1.807) is 0 Å². The van der Waals surface area contributed by atoms with Gasteiger partial charge in [0.2, 0.25) is 0 Å². The lowest BCUT2D eigenvalue weighted by atomic mass is 9.86. The van der Waals surface area contributed by atoms with Crippen LogP contribution in [0.5, 0.6) is 0 Å². The third kappa shape index (κ3) is 6.98. The number of rotatable bonds is 6. The van der Waals surface area contributed by atoms with Crippen LogP contribution in [-0.2, 0) is 5.41 Å². The van der Waals surface area contributed by atoms with Crippen LogP contribution in [0.3, 0.4) is 0 Å². The van der Waals surface area contributed by atoms with Crippen molar-refractivity contribution in [2.75, 3.05) is 23.3 Å². The van der Waals surface area contributed by atoms with E-state index in [9.17, 15) is 4.79 Å². The number of ketones is 1. The van der Waals surface area contributed by atoms with Gasteiger partial charge in [-0.25, -0.2) is 0 Å². The summed E-state index contributed by atoms with van der Waals surface area (Å²) in [6.45, 7) is 13.2. The zero-order valence-electron chi connectivity index (χ0n) is 22.7. The van der Waals surface area contributed by atoms with Crippen molar-refractivity contribution in [1.29, 1.82) is 0 Å². The predicted molar refractivity (Wildman–Crippen MR) is 160 cm³/mol. The average Bonchev–Trinajstić information content (AvgIpc) is 2.88. The molecule has 0 bridgehead atoms. The minimum atomic E-state index is -0.000363. The normalized spacial score (nSPS) is 15.2. The first-order valence-corrected chi connectivity index (χ1v) is 13.7. The molecule has 1 atom stereocenters. The molecule has 3 aromatic rings. The number of benzene rings is 3. The van der Waals surface area contributed by atoms with E-state index in [-0.39, 0.29) is 17.2 Å². The molecule has 3 aromatic carbocycles. The van der Waals surface area contributed by atoms with Gasteiger partial charge in [-0.3, -0.25) is 4.79 Å². The highest BCUT2D eigenvalue weighted by atomic mass is 32.1. The number of thiocarbonyl (C=S) groups is 1. The monoisotopic (exact) mass is 513 g/mol. The van der Waals surface area contributed by atoms with E-state index in [0.29, 0.717) is 16.2 Å². The number of carbonyl (C=O) groups excluding carboxylic acids is 1. The first kappa shape index (κ1) is 26.9. The Morgan fingerprint density at radius 2 is 1.59 bits per heavy atom. The Balaban J connectivity index is 1.35. The summed E-state index contributed by atoms with van der Waals surface area (Å²) in [6, 6.07) is 24.2. The van der Waals surface area contributed by atoms with Crippen LogP contribution >= 0.6 is 12.2 Å².